The first kappa shape index (κ1) is 11.1. The highest BCUT2D eigenvalue weighted by Gasteiger charge is 2.15. The van der Waals surface area contributed by atoms with Crippen molar-refractivity contribution in [2.75, 3.05) is 13.1 Å². The van der Waals surface area contributed by atoms with Gasteiger partial charge in [-0.15, -0.1) is 0 Å². The van der Waals surface area contributed by atoms with Gasteiger partial charge < -0.3 is 9.88 Å². The normalized spacial score (nSPS) is 17.6. The Hall–Kier alpha value is -1.36. The second-order valence-electron chi connectivity index (χ2n) is 4.39. The van der Waals surface area contributed by atoms with Crippen molar-refractivity contribution < 1.29 is 0 Å². The number of hydrogen-bond acceptors (Lipinski definition) is 3. The Bertz CT molecular complexity index is 469. The van der Waals surface area contributed by atoms with Gasteiger partial charge in [-0.05, 0) is 38.3 Å². The highest BCUT2D eigenvalue weighted by Crippen LogP contribution is 2.16. The van der Waals surface area contributed by atoms with E-state index < -0.39 is 0 Å². The van der Waals surface area contributed by atoms with E-state index in [-0.39, 0.29) is 11.2 Å². The molecule has 0 spiro atoms. The average Bonchev–Trinajstić information content (AvgIpc) is 2.27. The number of aromatic amines is 1. The van der Waals surface area contributed by atoms with E-state index in [0.29, 0.717) is 5.92 Å². The zero-order valence-electron chi connectivity index (χ0n) is 9.45. The SMILES string of the molecule is Cn1c(CC2CCNCC2)cc(=O)[nH]c1=O. The van der Waals surface area contributed by atoms with Crippen LogP contribution in [0.3, 0.4) is 0 Å². The van der Waals surface area contributed by atoms with Crippen LogP contribution >= 0.6 is 0 Å². The van der Waals surface area contributed by atoms with Crippen LogP contribution in [0.15, 0.2) is 15.7 Å². The molecule has 0 saturated carbocycles. The summed E-state index contributed by atoms with van der Waals surface area (Å²) in [4.78, 5) is 24.9. The smallest absolute Gasteiger partial charge is 0.317 e. The summed E-state index contributed by atoms with van der Waals surface area (Å²) in [5, 5.41) is 3.30. The Kier molecular flexibility index (Phi) is 3.24. The Morgan fingerprint density at radius 3 is 2.75 bits per heavy atom. The van der Waals surface area contributed by atoms with Crippen LogP contribution in [0.2, 0.25) is 0 Å². The van der Waals surface area contributed by atoms with E-state index in [2.05, 4.69) is 10.3 Å². The van der Waals surface area contributed by atoms with Crippen molar-refractivity contribution in [3.8, 4) is 0 Å². The molecule has 2 heterocycles. The Morgan fingerprint density at radius 1 is 1.38 bits per heavy atom. The summed E-state index contributed by atoms with van der Waals surface area (Å²) in [5.74, 6) is 0.577. The lowest BCUT2D eigenvalue weighted by Gasteiger charge is -2.23. The second-order valence-corrected chi connectivity index (χ2v) is 4.39. The molecule has 1 saturated heterocycles. The molecule has 0 bridgehead atoms. The predicted molar refractivity (Wildman–Crippen MR) is 61.6 cm³/mol. The summed E-state index contributed by atoms with van der Waals surface area (Å²) < 4.78 is 1.53. The highest BCUT2D eigenvalue weighted by atomic mass is 16.2. The van der Waals surface area contributed by atoms with Gasteiger partial charge in [0.05, 0.1) is 0 Å². The van der Waals surface area contributed by atoms with E-state index in [1.165, 1.54) is 10.6 Å². The zero-order chi connectivity index (χ0) is 11.5. The molecule has 2 rings (SSSR count). The van der Waals surface area contributed by atoms with Crippen molar-refractivity contribution in [3.05, 3.63) is 32.6 Å². The van der Waals surface area contributed by atoms with Crippen molar-refractivity contribution in [3.63, 3.8) is 0 Å². The van der Waals surface area contributed by atoms with Crippen LogP contribution in [-0.4, -0.2) is 22.6 Å². The molecule has 88 valence electrons. The van der Waals surface area contributed by atoms with Gasteiger partial charge in [0.15, 0.2) is 0 Å². The number of nitrogens with zero attached hydrogens (tertiary/aromatic N) is 1. The molecule has 5 nitrogen and oxygen atoms in total. The van der Waals surface area contributed by atoms with Crippen molar-refractivity contribution >= 4 is 0 Å². The third kappa shape index (κ3) is 2.41. The summed E-state index contributed by atoms with van der Waals surface area (Å²) in [6, 6.07) is 1.53. The highest BCUT2D eigenvalue weighted by molar-refractivity contribution is 5.02. The van der Waals surface area contributed by atoms with Gasteiger partial charge in [0.2, 0.25) is 0 Å². The topological polar surface area (TPSA) is 66.9 Å². The zero-order valence-corrected chi connectivity index (χ0v) is 9.45. The van der Waals surface area contributed by atoms with Gasteiger partial charge in [0.25, 0.3) is 5.56 Å². The van der Waals surface area contributed by atoms with E-state index in [4.69, 9.17) is 0 Å². The van der Waals surface area contributed by atoms with Crippen LogP contribution < -0.4 is 16.6 Å². The minimum absolute atomic E-state index is 0.299. The fourth-order valence-corrected chi connectivity index (χ4v) is 2.18. The molecule has 0 unspecified atom stereocenters. The number of hydrogen-bond donors (Lipinski definition) is 2. The maximum absolute atomic E-state index is 11.4. The Morgan fingerprint density at radius 2 is 2.06 bits per heavy atom. The van der Waals surface area contributed by atoms with Crippen molar-refractivity contribution in [1.29, 1.82) is 0 Å². The van der Waals surface area contributed by atoms with Crippen molar-refractivity contribution in [1.82, 2.24) is 14.9 Å². The fraction of sp³-hybridized carbons (Fsp3) is 0.636. The molecule has 0 atom stereocenters. The third-order valence-corrected chi connectivity index (χ3v) is 3.22. The lowest BCUT2D eigenvalue weighted by molar-refractivity contribution is 0.366. The first-order valence-corrected chi connectivity index (χ1v) is 5.67. The van der Waals surface area contributed by atoms with E-state index >= 15 is 0 Å². The van der Waals surface area contributed by atoms with E-state index in [1.54, 1.807) is 7.05 Å². The molecule has 2 N–H and O–H groups in total. The molecule has 0 amide bonds. The molecule has 1 aromatic rings. The van der Waals surface area contributed by atoms with Crippen LogP contribution in [-0.2, 0) is 13.5 Å². The maximum atomic E-state index is 11.4. The van der Waals surface area contributed by atoms with E-state index in [0.717, 1.165) is 38.0 Å². The van der Waals surface area contributed by atoms with Crippen LogP contribution in [0.5, 0.6) is 0 Å². The first-order valence-electron chi connectivity index (χ1n) is 5.67. The van der Waals surface area contributed by atoms with Gasteiger partial charge in [-0.3, -0.25) is 9.78 Å². The van der Waals surface area contributed by atoms with Crippen LogP contribution in [0.4, 0.5) is 0 Å². The molecule has 1 aliphatic rings. The summed E-state index contributed by atoms with van der Waals surface area (Å²) in [6.45, 7) is 2.06. The van der Waals surface area contributed by atoms with E-state index in [9.17, 15) is 9.59 Å². The third-order valence-electron chi connectivity index (χ3n) is 3.22. The summed E-state index contributed by atoms with van der Waals surface area (Å²) >= 11 is 0. The van der Waals surface area contributed by atoms with Crippen LogP contribution in [0.1, 0.15) is 18.5 Å². The maximum Gasteiger partial charge on any atom is 0.328 e. The quantitative estimate of drug-likeness (QED) is 0.718. The largest absolute Gasteiger partial charge is 0.328 e. The molecule has 16 heavy (non-hydrogen) atoms. The first-order chi connectivity index (χ1) is 7.66. The summed E-state index contributed by atoms with van der Waals surface area (Å²) in [7, 11) is 1.70. The minimum atomic E-state index is -0.323. The number of piperidine rings is 1. The summed E-state index contributed by atoms with van der Waals surface area (Å²) in [6.07, 6.45) is 3.04. The fourth-order valence-electron chi connectivity index (χ4n) is 2.18. The second kappa shape index (κ2) is 4.65. The molecule has 5 heteroatoms. The number of rotatable bonds is 2. The average molecular weight is 223 g/mol. The Balaban J connectivity index is 2.20. The lowest BCUT2D eigenvalue weighted by Crippen LogP contribution is -2.33. The number of nitrogens with one attached hydrogen (secondary N) is 2. The molecular weight excluding hydrogens is 206 g/mol. The summed E-state index contributed by atoms with van der Waals surface area (Å²) in [5.41, 5.74) is 0.212. The monoisotopic (exact) mass is 223 g/mol. The Labute approximate surface area is 93.5 Å². The number of H-pyrrole nitrogens is 1. The van der Waals surface area contributed by atoms with Crippen LogP contribution in [0, 0.1) is 5.92 Å². The van der Waals surface area contributed by atoms with E-state index in [1.807, 2.05) is 0 Å². The molecule has 1 fully saturated rings. The lowest BCUT2D eigenvalue weighted by atomic mass is 9.93. The van der Waals surface area contributed by atoms with Crippen LogP contribution in [0.25, 0.3) is 0 Å². The van der Waals surface area contributed by atoms with Crippen molar-refractivity contribution in [2.45, 2.75) is 19.3 Å². The van der Waals surface area contributed by atoms with Gasteiger partial charge in [-0.2, -0.15) is 0 Å². The standard InChI is InChI=1S/C11H17N3O2/c1-14-9(7-10(15)13-11(14)16)6-8-2-4-12-5-3-8/h7-8,12H,2-6H2,1H3,(H,13,15,16). The molecule has 1 aromatic heterocycles. The van der Waals surface area contributed by atoms with Gasteiger partial charge in [-0.1, -0.05) is 0 Å². The molecular formula is C11H17N3O2. The molecule has 0 aliphatic carbocycles. The van der Waals surface area contributed by atoms with Gasteiger partial charge in [0.1, 0.15) is 0 Å². The molecule has 0 radical (unpaired) electrons. The predicted octanol–water partition coefficient (Wildman–Crippen LogP) is -0.384. The minimum Gasteiger partial charge on any atom is -0.317 e. The number of aromatic nitrogens is 2. The van der Waals surface area contributed by atoms with Gasteiger partial charge >= 0.3 is 5.69 Å². The molecule has 0 aromatic carbocycles. The van der Waals surface area contributed by atoms with Gasteiger partial charge in [0, 0.05) is 18.8 Å². The van der Waals surface area contributed by atoms with Gasteiger partial charge in [-0.25, -0.2) is 4.79 Å². The van der Waals surface area contributed by atoms with Crippen molar-refractivity contribution in [2.24, 2.45) is 13.0 Å². The molecule has 1 aliphatic heterocycles.